The van der Waals surface area contributed by atoms with Crippen LogP contribution < -0.4 is 10.6 Å². The second-order valence-electron chi connectivity index (χ2n) is 5.41. The van der Waals surface area contributed by atoms with E-state index in [1.54, 1.807) is 0 Å². The molecule has 1 saturated carbocycles. The van der Waals surface area contributed by atoms with Crippen LogP contribution in [0.4, 0.5) is 0 Å². The SMILES string of the molecule is O=C(CN1CCCNCC1)N[C@@H]1CCCC[C@H]1O. The van der Waals surface area contributed by atoms with Gasteiger partial charge in [0.2, 0.25) is 5.91 Å². The minimum atomic E-state index is -0.353. The molecule has 0 bridgehead atoms. The maximum Gasteiger partial charge on any atom is 0.234 e. The van der Waals surface area contributed by atoms with Crippen molar-refractivity contribution in [1.29, 1.82) is 0 Å². The van der Waals surface area contributed by atoms with Crippen molar-refractivity contribution in [3.63, 3.8) is 0 Å². The second kappa shape index (κ2) is 7.07. The molecule has 0 spiro atoms. The first-order valence-corrected chi connectivity index (χ1v) is 7.16. The van der Waals surface area contributed by atoms with E-state index in [1.807, 2.05) is 0 Å². The van der Waals surface area contributed by atoms with Gasteiger partial charge in [-0.3, -0.25) is 9.69 Å². The van der Waals surface area contributed by atoms with Crippen LogP contribution in [0, 0.1) is 0 Å². The van der Waals surface area contributed by atoms with Crippen molar-refractivity contribution in [3.05, 3.63) is 0 Å². The summed E-state index contributed by atoms with van der Waals surface area (Å²) in [6.07, 6.45) is 4.65. The van der Waals surface area contributed by atoms with E-state index in [9.17, 15) is 9.90 Å². The lowest BCUT2D eigenvalue weighted by molar-refractivity contribution is -0.124. The Labute approximate surface area is 109 Å². The Morgan fingerprint density at radius 2 is 2.06 bits per heavy atom. The van der Waals surface area contributed by atoms with Gasteiger partial charge < -0.3 is 15.7 Å². The van der Waals surface area contributed by atoms with Crippen LogP contribution in [0.15, 0.2) is 0 Å². The highest BCUT2D eigenvalue weighted by Crippen LogP contribution is 2.18. The smallest absolute Gasteiger partial charge is 0.234 e. The van der Waals surface area contributed by atoms with E-state index >= 15 is 0 Å². The highest BCUT2D eigenvalue weighted by Gasteiger charge is 2.25. The number of carbonyl (C=O) groups excluding carboxylic acids is 1. The Morgan fingerprint density at radius 3 is 2.89 bits per heavy atom. The first kappa shape index (κ1) is 13.8. The van der Waals surface area contributed by atoms with Gasteiger partial charge in [-0.2, -0.15) is 0 Å². The molecule has 2 rings (SSSR count). The molecule has 1 heterocycles. The number of carbonyl (C=O) groups is 1. The summed E-state index contributed by atoms with van der Waals surface area (Å²) in [6, 6.07) is -0.0312. The fourth-order valence-electron chi connectivity index (χ4n) is 2.79. The minimum Gasteiger partial charge on any atom is -0.391 e. The van der Waals surface area contributed by atoms with Gasteiger partial charge in [0.05, 0.1) is 18.7 Å². The average molecular weight is 255 g/mol. The van der Waals surface area contributed by atoms with E-state index in [2.05, 4.69) is 15.5 Å². The van der Waals surface area contributed by atoms with Crippen LogP contribution in [0.5, 0.6) is 0 Å². The number of amides is 1. The summed E-state index contributed by atoms with van der Waals surface area (Å²) in [4.78, 5) is 14.1. The molecule has 0 aromatic heterocycles. The molecule has 1 saturated heterocycles. The Bertz CT molecular complexity index is 265. The first-order chi connectivity index (χ1) is 8.75. The monoisotopic (exact) mass is 255 g/mol. The maximum absolute atomic E-state index is 12.0. The van der Waals surface area contributed by atoms with E-state index in [0.717, 1.165) is 58.3 Å². The largest absolute Gasteiger partial charge is 0.391 e. The van der Waals surface area contributed by atoms with Crippen LogP contribution in [0.1, 0.15) is 32.1 Å². The molecule has 1 aliphatic carbocycles. The number of aliphatic hydroxyl groups is 1. The maximum atomic E-state index is 12.0. The molecule has 2 aliphatic rings. The number of nitrogens with zero attached hydrogens (tertiary/aromatic N) is 1. The molecule has 1 aliphatic heterocycles. The van der Waals surface area contributed by atoms with Gasteiger partial charge in [0.25, 0.3) is 0 Å². The zero-order valence-electron chi connectivity index (χ0n) is 11.0. The molecular weight excluding hydrogens is 230 g/mol. The molecule has 2 fully saturated rings. The van der Waals surface area contributed by atoms with E-state index in [4.69, 9.17) is 0 Å². The summed E-state index contributed by atoms with van der Waals surface area (Å²) < 4.78 is 0. The number of hydrogen-bond donors (Lipinski definition) is 3. The van der Waals surface area contributed by atoms with Gasteiger partial charge in [0, 0.05) is 13.1 Å². The number of hydrogen-bond acceptors (Lipinski definition) is 4. The predicted octanol–water partition coefficient (Wildman–Crippen LogP) is -0.299. The molecule has 2 atom stereocenters. The number of rotatable bonds is 3. The van der Waals surface area contributed by atoms with Gasteiger partial charge in [-0.25, -0.2) is 0 Å². The second-order valence-corrected chi connectivity index (χ2v) is 5.41. The summed E-state index contributed by atoms with van der Waals surface area (Å²) in [5, 5.41) is 16.1. The van der Waals surface area contributed by atoms with Crippen LogP contribution >= 0.6 is 0 Å². The highest BCUT2D eigenvalue weighted by molar-refractivity contribution is 5.78. The molecule has 104 valence electrons. The number of aliphatic hydroxyl groups excluding tert-OH is 1. The van der Waals surface area contributed by atoms with E-state index < -0.39 is 0 Å². The predicted molar refractivity (Wildman–Crippen MR) is 70.3 cm³/mol. The molecular formula is C13H25N3O2. The molecule has 18 heavy (non-hydrogen) atoms. The quantitative estimate of drug-likeness (QED) is 0.648. The van der Waals surface area contributed by atoms with Crippen LogP contribution in [0.3, 0.4) is 0 Å². The van der Waals surface area contributed by atoms with Crippen molar-refractivity contribution in [2.75, 3.05) is 32.7 Å². The summed E-state index contributed by atoms with van der Waals surface area (Å²) in [5.74, 6) is 0.0582. The minimum absolute atomic E-state index is 0.0312. The zero-order chi connectivity index (χ0) is 12.8. The molecule has 5 heteroatoms. The van der Waals surface area contributed by atoms with Crippen LogP contribution in [0.25, 0.3) is 0 Å². The molecule has 5 nitrogen and oxygen atoms in total. The molecule has 1 amide bonds. The van der Waals surface area contributed by atoms with E-state index in [1.165, 1.54) is 0 Å². The summed E-state index contributed by atoms with van der Waals surface area (Å²) in [5.41, 5.74) is 0. The van der Waals surface area contributed by atoms with Gasteiger partial charge >= 0.3 is 0 Å². The third-order valence-corrected chi connectivity index (χ3v) is 3.88. The zero-order valence-corrected chi connectivity index (χ0v) is 11.0. The van der Waals surface area contributed by atoms with Crippen molar-refractivity contribution in [2.45, 2.75) is 44.2 Å². The first-order valence-electron chi connectivity index (χ1n) is 7.16. The Morgan fingerprint density at radius 1 is 1.22 bits per heavy atom. The van der Waals surface area contributed by atoms with Gasteiger partial charge in [-0.1, -0.05) is 12.8 Å². The van der Waals surface area contributed by atoms with Crippen LogP contribution in [0.2, 0.25) is 0 Å². The van der Waals surface area contributed by atoms with Gasteiger partial charge in [0.1, 0.15) is 0 Å². The Balaban J connectivity index is 1.73. The van der Waals surface area contributed by atoms with Crippen molar-refractivity contribution in [1.82, 2.24) is 15.5 Å². The lowest BCUT2D eigenvalue weighted by atomic mass is 9.92. The fourth-order valence-corrected chi connectivity index (χ4v) is 2.79. The summed E-state index contributed by atoms with van der Waals surface area (Å²) >= 11 is 0. The third kappa shape index (κ3) is 4.23. The normalized spacial score (nSPS) is 30.7. The Hall–Kier alpha value is -0.650. The van der Waals surface area contributed by atoms with Crippen LogP contribution in [-0.2, 0) is 4.79 Å². The van der Waals surface area contributed by atoms with Crippen molar-refractivity contribution in [2.24, 2.45) is 0 Å². The molecule has 0 unspecified atom stereocenters. The van der Waals surface area contributed by atoms with E-state index in [0.29, 0.717) is 6.54 Å². The van der Waals surface area contributed by atoms with Crippen molar-refractivity contribution < 1.29 is 9.90 Å². The summed E-state index contributed by atoms with van der Waals surface area (Å²) in [7, 11) is 0. The van der Waals surface area contributed by atoms with Crippen molar-refractivity contribution >= 4 is 5.91 Å². The average Bonchev–Trinajstić information content (AvgIpc) is 2.61. The summed E-state index contributed by atoms with van der Waals surface area (Å²) in [6.45, 7) is 4.37. The number of nitrogens with one attached hydrogen (secondary N) is 2. The van der Waals surface area contributed by atoms with Gasteiger partial charge in [-0.15, -0.1) is 0 Å². The lowest BCUT2D eigenvalue weighted by Crippen LogP contribution is -2.48. The highest BCUT2D eigenvalue weighted by atomic mass is 16.3. The van der Waals surface area contributed by atoms with E-state index in [-0.39, 0.29) is 18.1 Å². The molecule has 0 radical (unpaired) electrons. The fraction of sp³-hybridized carbons (Fsp3) is 0.923. The third-order valence-electron chi connectivity index (χ3n) is 3.88. The molecule has 0 aromatic rings. The molecule has 0 aromatic carbocycles. The van der Waals surface area contributed by atoms with Crippen LogP contribution in [-0.4, -0.2) is 60.8 Å². The van der Waals surface area contributed by atoms with Crippen molar-refractivity contribution in [3.8, 4) is 0 Å². The van der Waals surface area contributed by atoms with Gasteiger partial charge in [-0.05, 0) is 32.4 Å². The molecule has 3 N–H and O–H groups in total. The standard InChI is InChI=1S/C13H25N3O2/c17-12-5-2-1-4-11(12)15-13(18)10-16-8-3-6-14-7-9-16/h11-12,14,17H,1-10H2,(H,15,18)/t11-,12-/m1/s1. The topological polar surface area (TPSA) is 64.6 Å². The lowest BCUT2D eigenvalue weighted by Gasteiger charge is -2.29. The Kier molecular flexibility index (Phi) is 5.41. The van der Waals surface area contributed by atoms with Gasteiger partial charge in [0.15, 0.2) is 0 Å².